The fourth-order valence-corrected chi connectivity index (χ4v) is 8.24. The molecule has 11 aromatic rings. The Balaban J connectivity index is 1.05. The van der Waals surface area contributed by atoms with Gasteiger partial charge in [-0.2, -0.15) is 0 Å². The summed E-state index contributed by atoms with van der Waals surface area (Å²) in [6.07, 6.45) is 0. The third-order valence-corrected chi connectivity index (χ3v) is 11.0. The summed E-state index contributed by atoms with van der Waals surface area (Å²) in [5.74, 6) is 0. The molecule has 0 saturated carbocycles. The van der Waals surface area contributed by atoms with Crippen molar-refractivity contribution >= 4 is 60.9 Å². The Morgan fingerprint density at radius 3 is 1.07 bits per heavy atom. The number of para-hydroxylation sites is 2. The van der Waals surface area contributed by atoms with Gasteiger partial charge in [0.2, 0.25) is 0 Å². The van der Waals surface area contributed by atoms with E-state index in [1.165, 1.54) is 16.7 Å². The standard InChI is InChI=1S/C54H35NO2/c1-2-12-36(13-3-1)37-14-8-15-38(30-37)39-16-9-19-44(31-39)55(45-20-10-17-40(32-45)42-26-28-53-49(34-42)47-22-4-6-24-51(47)56-53)46-21-11-18-41(33-46)43-27-29-54-50(35-43)48-23-5-7-25-52(48)57-54/h1-35H. The van der Waals surface area contributed by atoms with Crippen molar-refractivity contribution < 1.29 is 8.83 Å². The summed E-state index contributed by atoms with van der Waals surface area (Å²) in [7, 11) is 0. The first-order valence-electron chi connectivity index (χ1n) is 19.3. The number of furan rings is 2. The summed E-state index contributed by atoms with van der Waals surface area (Å²) >= 11 is 0. The SMILES string of the molecule is c1ccc(-c2cccc(-c3cccc(N(c4cccc(-c5ccc6oc7ccccc7c6c5)c4)c4cccc(-c5ccc6oc7ccccc7c6c5)c4)c3)c2)cc1. The summed E-state index contributed by atoms with van der Waals surface area (Å²) in [5.41, 5.74) is 16.0. The number of fused-ring (bicyclic) bond motifs is 6. The van der Waals surface area contributed by atoms with Crippen molar-refractivity contribution in [1.82, 2.24) is 0 Å². The van der Waals surface area contributed by atoms with Crippen molar-refractivity contribution in [1.29, 1.82) is 0 Å². The van der Waals surface area contributed by atoms with E-state index in [4.69, 9.17) is 8.83 Å². The second-order valence-corrected chi connectivity index (χ2v) is 14.6. The molecule has 0 aliphatic rings. The highest BCUT2D eigenvalue weighted by molar-refractivity contribution is 6.07. The van der Waals surface area contributed by atoms with Gasteiger partial charge in [-0.05, 0) is 123 Å². The Labute approximate surface area is 330 Å². The molecule has 0 atom stereocenters. The molecule has 2 aromatic heterocycles. The van der Waals surface area contributed by atoms with Crippen LogP contribution in [-0.2, 0) is 0 Å². The van der Waals surface area contributed by atoms with Gasteiger partial charge in [0.25, 0.3) is 0 Å². The average molecular weight is 730 g/mol. The molecule has 268 valence electrons. The summed E-state index contributed by atoms with van der Waals surface area (Å²) < 4.78 is 12.4. The van der Waals surface area contributed by atoms with Gasteiger partial charge in [-0.25, -0.2) is 0 Å². The fraction of sp³-hybridized carbons (Fsp3) is 0. The van der Waals surface area contributed by atoms with Crippen molar-refractivity contribution in [2.75, 3.05) is 4.90 Å². The van der Waals surface area contributed by atoms with Crippen LogP contribution in [0, 0.1) is 0 Å². The van der Waals surface area contributed by atoms with Crippen LogP contribution < -0.4 is 4.90 Å². The molecular formula is C54H35NO2. The minimum absolute atomic E-state index is 0.893. The number of nitrogens with zero attached hydrogens (tertiary/aromatic N) is 1. The largest absolute Gasteiger partial charge is 0.456 e. The molecule has 2 heterocycles. The molecule has 11 rings (SSSR count). The molecule has 0 bridgehead atoms. The van der Waals surface area contributed by atoms with E-state index in [0.717, 1.165) is 88.8 Å². The van der Waals surface area contributed by atoms with Crippen LogP contribution in [0.3, 0.4) is 0 Å². The van der Waals surface area contributed by atoms with E-state index in [9.17, 15) is 0 Å². The lowest BCUT2D eigenvalue weighted by atomic mass is 9.98. The van der Waals surface area contributed by atoms with Gasteiger partial charge in [-0.3, -0.25) is 0 Å². The Morgan fingerprint density at radius 2 is 0.579 bits per heavy atom. The Bertz CT molecular complexity index is 3100. The molecule has 0 aliphatic carbocycles. The van der Waals surface area contributed by atoms with E-state index in [1.54, 1.807) is 0 Å². The quantitative estimate of drug-likeness (QED) is 0.164. The maximum absolute atomic E-state index is 6.18. The van der Waals surface area contributed by atoms with Gasteiger partial charge in [0.1, 0.15) is 22.3 Å². The van der Waals surface area contributed by atoms with Crippen LogP contribution in [0.5, 0.6) is 0 Å². The van der Waals surface area contributed by atoms with E-state index in [2.05, 4.69) is 193 Å². The first-order chi connectivity index (χ1) is 28.2. The monoisotopic (exact) mass is 729 g/mol. The molecule has 0 radical (unpaired) electrons. The molecule has 57 heavy (non-hydrogen) atoms. The average Bonchev–Trinajstić information content (AvgIpc) is 3.85. The summed E-state index contributed by atoms with van der Waals surface area (Å²) in [5, 5.41) is 4.48. The van der Waals surface area contributed by atoms with Crippen LogP contribution in [0.1, 0.15) is 0 Å². The van der Waals surface area contributed by atoms with E-state index in [-0.39, 0.29) is 0 Å². The fourth-order valence-electron chi connectivity index (χ4n) is 8.24. The molecule has 0 unspecified atom stereocenters. The Kier molecular flexibility index (Phi) is 7.82. The molecule has 3 heteroatoms. The van der Waals surface area contributed by atoms with Gasteiger partial charge in [0.15, 0.2) is 0 Å². The summed E-state index contributed by atoms with van der Waals surface area (Å²) in [4.78, 5) is 2.37. The van der Waals surface area contributed by atoms with Crippen molar-refractivity contribution in [2.45, 2.75) is 0 Å². The molecule has 0 amide bonds. The third-order valence-electron chi connectivity index (χ3n) is 11.0. The van der Waals surface area contributed by atoms with Crippen molar-refractivity contribution in [3.8, 4) is 44.5 Å². The van der Waals surface area contributed by atoms with Gasteiger partial charge in [0.05, 0.1) is 0 Å². The molecule has 9 aromatic carbocycles. The van der Waals surface area contributed by atoms with Gasteiger partial charge in [-0.15, -0.1) is 0 Å². The highest BCUT2D eigenvalue weighted by Crippen LogP contribution is 2.41. The molecule has 3 nitrogen and oxygen atoms in total. The van der Waals surface area contributed by atoms with Crippen molar-refractivity contribution in [3.63, 3.8) is 0 Å². The van der Waals surface area contributed by atoms with Gasteiger partial charge in [0, 0.05) is 38.6 Å². The zero-order valence-corrected chi connectivity index (χ0v) is 31.0. The maximum Gasteiger partial charge on any atom is 0.135 e. The number of anilines is 3. The molecule has 0 N–H and O–H groups in total. The molecular weight excluding hydrogens is 695 g/mol. The van der Waals surface area contributed by atoms with E-state index >= 15 is 0 Å². The van der Waals surface area contributed by atoms with Crippen molar-refractivity contribution in [2.24, 2.45) is 0 Å². The van der Waals surface area contributed by atoms with E-state index < -0.39 is 0 Å². The van der Waals surface area contributed by atoms with E-state index in [1.807, 2.05) is 24.3 Å². The zero-order valence-electron chi connectivity index (χ0n) is 31.0. The number of hydrogen-bond acceptors (Lipinski definition) is 3. The van der Waals surface area contributed by atoms with Gasteiger partial charge >= 0.3 is 0 Å². The molecule has 0 fully saturated rings. The highest BCUT2D eigenvalue weighted by atomic mass is 16.3. The molecule has 0 saturated heterocycles. The zero-order chi connectivity index (χ0) is 37.7. The van der Waals surface area contributed by atoms with Crippen LogP contribution in [0.4, 0.5) is 17.1 Å². The summed E-state index contributed by atoms with van der Waals surface area (Å²) in [6, 6.07) is 75.4. The van der Waals surface area contributed by atoms with Gasteiger partial charge < -0.3 is 13.7 Å². The van der Waals surface area contributed by atoms with Crippen LogP contribution in [0.25, 0.3) is 88.4 Å². The third kappa shape index (κ3) is 5.94. The smallest absolute Gasteiger partial charge is 0.135 e. The first-order valence-corrected chi connectivity index (χ1v) is 19.3. The predicted molar refractivity (Wildman–Crippen MR) is 237 cm³/mol. The van der Waals surface area contributed by atoms with Crippen LogP contribution >= 0.6 is 0 Å². The molecule has 0 aliphatic heterocycles. The normalized spacial score (nSPS) is 11.5. The number of rotatable bonds is 7. The second-order valence-electron chi connectivity index (χ2n) is 14.6. The Hall–Kier alpha value is -7.62. The minimum atomic E-state index is 0.893. The molecule has 0 spiro atoms. The topological polar surface area (TPSA) is 29.5 Å². The van der Waals surface area contributed by atoms with Crippen LogP contribution in [0.15, 0.2) is 221 Å². The first kappa shape index (κ1) is 32.8. The second kappa shape index (κ2) is 13.6. The predicted octanol–water partition coefficient (Wildman–Crippen LogP) is 15.6. The summed E-state index contributed by atoms with van der Waals surface area (Å²) in [6.45, 7) is 0. The van der Waals surface area contributed by atoms with E-state index in [0.29, 0.717) is 0 Å². The van der Waals surface area contributed by atoms with Gasteiger partial charge in [-0.1, -0.05) is 133 Å². The Morgan fingerprint density at radius 1 is 0.228 bits per heavy atom. The van der Waals surface area contributed by atoms with Crippen LogP contribution in [-0.4, -0.2) is 0 Å². The lowest BCUT2D eigenvalue weighted by molar-refractivity contribution is 0.668. The number of benzene rings is 9. The minimum Gasteiger partial charge on any atom is -0.456 e. The lowest BCUT2D eigenvalue weighted by Crippen LogP contribution is -2.10. The maximum atomic E-state index is 6.18. The van der Waals surface area contributed by atoms with Crippen LogP contribution in [0.2, 0.25) is 0 Å². The highest BCUT2D eigenvalue weighted by Gasteiger charge is 2.17. The lowest BCUT2D eigenvalue weighted by Gasteiger charge is -2.27. The van der Waals surface area contributed by atoms with Crippen molar-refractivity contribution in [3.05, 3.63) is 212 Å². The number of hydrogen-bond donors (Lipinski definition) is 0.